The molecule has 6 nitrogen and oxygen atoms in total. The third-order valence-corrected chi connectivity index (χ3v) is 5.40. The van der Waals surface area contributed by atoms with Gasteiger partial charge in [-0.1, -0.05) is 47.6 Å². The fourth-order valence-corrected chi connectivity index (χ4v) is 3.85. The number of ether oxygens (including phenoxy) is 1. The zero-order chi connectivity index (χ0) is 18.9. The van der Waals surface area contributed by atoms with Gasteiger partial charge in [0.25, 0.3) is 5.91 Å². The molecular weight excluding hydrogens is 354 g/mol. The highest BCUT2D eigenvalue weighted by molar-refractivity contribution is 5.95. The van der Waals surface area contributed by atoms with Gasteiger partial charge < -0.3 is 14.2 Å². The third kappa shape index (κ3) is 3.05. The molecule has 0 radical (unpaired) electrons. The van der Waals surface area contributed by atoms with Gasteiger partial charge in [0.2, 0.25) is 0 Å². The first-order valence-corrected chi connectivity index (χ1v) is 9.56. The molecule has 1 fully saturated rings. The van der Waals surface area contributed by atoms with E-state index in [-0.39, 0.29) is 5.91 Å². The van der Waals surface area contributed by atoms with E-state index in [4.69, 9.17) is 9.26 Å². The summed E-state index contributed by atoms with van der Waals surface area (Å²) in [7, 11) is 0. The third-order valence-electron chi connectivity index (χ3n) is 5.40. The molecule has 1 saturated heterocycles. The topological polar surface area (TPSA) is 58.8 Å². The van der Waals surface area contributed by atoms with Crippen LogP contribution < -0.4 is 4.74 Å². The highest BCUT2D eigenvalue weighted by Gasteiger charge is 2.32. The quantitative estimate of drug-likeness (QED) is 0.704. The Bertz CT molecular complexity index is 991. The molecule has 142 valence electrons. The minimum atomic E-state index is -0.0765. The fraction of sp³-hybridized carbons (Fsp3) is 0.273. The number of aromatic nitrogens is 1. The lowest BCUT2D eigenvalue weighted by atomic mass is 10.0. The predicted octanol–water partition coefficient (Wildman–Crippen LogP) is 3.19. The van der Waals surface area contributed by atoms with E-state index in [1.54, 1.807) is 0 Å². The van der Waals surface area contributed by atoms with E-state index in [1.807, 2.05) is 35.2 Å². The van der Waals surface area contributed by atoms with E-state index in [0.717, 1.165) is 36.5 Å². The second-order valence-corrected chi connectivity index (χ2v) is 7.18. The molecule has 1 amide bonds. The van der Waals surface area contributed by atoms with Crippen LogP contribution in [0.1, 0.15) is 21.6 Å². The van der Waals surface area contributed by atoms with Crippen molar-refractivity contribution in [1.29, 1.82) is 0 Å². The zero-order valence-electron chi connectivity index (χ0n) is 15.5. The molecule has 0 bridgehead atoms. The Labute approximate surface area is 163 Å². The van der Waals surface area contributed by atoms with Gasteiger partial charge >= 0.3 is 0 Å². The van der Waals surface area contributed by atoms with Gasteiger partial charge in [0.15, 0.2) is 11.5 Å². The number of para-hydroxylation sites is 1. The Hall–Kier alpha value is -3.12. The smallest absolute Gasteiger partial charge is 0.276 e. The van der Waals surface area contributed by atoms with Crippen LogP contribution in [0.15, 0.2) is 59.1 Å². The lowest BCUT2D eigenvalue weighted by molar-refractivity contribution is 0.0616. The number of carbonyl (C=O) groups is 1. The molecule has 6 heteroatoms. The van der Waals surface area contributed by atoms with Crippen molar-refractivity contribution in [1.82, 2.24) is 15.0 Å². The summed E-state index contributed by atoms with van der Waals surface area (Å²) in [6, 6.07) is 18.1. The van der Waals surface area contributed by atoms with Crippen molar-refractivity contribution in [3.05, 3.63) is 71.4 Å². The summed E-state index contributed by atoms with van der Waals surface area (Å²) in [5, 5.41) is 4.10. The SMILES string of the molecule is O=C(c1noc2c1COc1ccccc1-2)N1CCN(Cc2ccccc2)CC1. The van der Waals surface area contributed by atoms with Gasteiger partial charge in [0.05, 0.1) is 11.1 Å². The molecule has 0 spiro atoms. The zero-order valence-corrected chi connectivity index (χ0v) is 15.5. The largest absolute Gasteiger partial charge is 0.488 e. The molecule has 0 N–H and O–H groups in total. The number of carbonyl (C=O) groups excluding carboxylic acids is 1. The number of benzene rings is 2. The van der Waals surface area contributed by atoms with Gasteiger partial charge in [-0.05, 0) is 17.7 Å². The van der Waals surface area contributed by atoms with Crippen molar-refractivity contribution in [2.45, 2.75) is 13.2 Å². The van der Waals surface area contributed by atoms with Crippen LogP contribution >= 0.6 is 0 Å². The average Bonchev–Trinajstić information content (AvgIpc) is 3.19. The lowest BCUT2D eigenvalue weighted by Gasteiger charge is -2.34. The maximum absolute atomic E-state index is 13.0. The molecule has 3 heterocycles. The van der Waals surface area contributed by atoms with Crippen LogP contribution in [0.4, 0.5) is 0 Å². The van der Waals surface area contributed by atoms with Crippen LogP contribution in [0, 0.1) is 0 Å². The molecule has 1 aromatic heterocycles. The molecule has 2 aromatic carbocycles. The number of fused-ring (bicyclic) bond motifs is 3. The summed E-state index contributed by atoms with van der Waals surface area (Å²) in [6.07, 6.45) is 0. The van der Waals surface area contributed by atoms with E-state index in [1.165, 1.54) is 5.56 Å². The van der Waals surface area contributed by atoms with E-state index in [2.05, 4.69) is 34.3 Å². The molecule has 0 aliphatic carbocycles. The monoisotopic (exact) mass is 375 g/mol. The van der Waals surface area contributed by atoms with E-state index < -0.39 is 0 Å². The Kier molecular flexibility index (Phi) is 4.33. The van der Waals surface area contributed by atoms with Crippen molar-refractivity contribution >= 4 is 5.91 Å². The lowest BCUT2D eigenvalue weighted by Crippen LogP contribution is -2.48. The van der Waals surface area contributed by atoms with Crippen molar-refractivity contribution in [2.75, 3.05) is 26.2 Å². The first-order valence-electron chi connectivity index (χ1n) is 9.56. The van der Waals surface area contributed by atoms with Crippen molar-refractivity contribution in [3.63, 3.8) is 0 Å². The first-order chi connectivity index (χ1) is 13.8. The summed E-state index contributed by atoms with van der Waals surface area (Å²) in [4.78, 5) is 17.3. The normalized spacial score (nSPS) is 16.2. The van der Waals surface area contributed by atoms with E-state index in [9.17, 15) is 4.79 Å². The minimum absolute atomic E-state index is 0.0765. The maximum atomic E-state index is 13.0. The number of amides is 1. The Morgan fingerprint density at radius 3 is 2.54 bits per heavy atom. The summed E-state index contributed by atoms with van der Waals surface area (Å²) in [5.74, 6) is 1.33. The van der Waals surface area contributed by atoms with Crippen LogP contribution in [0.3, 0.4) is 0 Å². The average molecular weight is 375 g/mol. The predicted molar refractivity (Wildman–Crippen MR) is 104 cm³/mol. The Morgan fingerprint density at radius 2 is 1.71 bits per heavy atom. The van der Waals surface area contributed by atoms with Gasteiger partial charge in [-0.25, -0.2) is 0 Å². The molecule has 5 rings (SSSR count). The standard InChI is InChI=1S/C22H21N3O3/c26-22(25-12-10-24(11-13-25)14-16-6-2-1-3-7-16)20-18-15-27-19-9-5-4-8-17(19)21(18)28-23-20/h1-9H,10-15H2. The fourth-order valence-electron chi connectivity index (χ4n) is 3.85. The Morgan fingerprint density at radius 1 is 0.964 bits per heavy atom. The van der Waals surface area contributed by atoms with Gasteiger partial charge in [-0.3, -0.25) is 9.69 Å². The van der Waals surface area contributed by atoms with Gasteiger partial charge in [0, 0.05) is 32.7 Å². The van der Waals surface area contributed by atoms with Gasteiger partial charge in [-0.2, -0.15) is 0 Å². The molecule has 2 aliphatic rings. The van der Waals surface area contributed by atoms with Crippen LogP contribution in [0.2, 0.25) is 0 Å². The van der Waals surface area contributed by atoms with Crippen molar-refractivity contribution < 1.29 is 14.1 Å². The van der Waals surface area contributed by atoms with E-state index in [0.29, 0.717) is 31.2 Å². The summed E-state index contributed by atoms with van der Waals surface area (Å²) >= 11 is 0. The van der Waals surface area contributed by atoms with E-state index >= 15 is 0 Å². The number of nitrogens with zero attached hydrogens (tertiary/aromatic N) is 3. The molecule has 3 aromatic rings. The molecule has 2 aliphatic heterocycles. The second kappa shape index (κ2) is 7.13. The molecule has 0 unspecified atom stereocenters. The van der Waals surface area contributed by atoms with Crippen molar-refractivity contribution in [2.24, 2.45) is 0 Å². The summed E-state index contributed by atoms with van der Waals surface area (Å²) in [5.41, 5.74) is 3.27. The summed E-state index contributed by atoms with van der Waals surface area (Å²) < 4.78 is 11.3. The number of hydrogen-bond acceptors (Lipinski definition) is 5. The number of hydrogen-bond donors (Lipinski definition) is 0. The minimum Gasteiger partial charge on any atom is -0.488 e. The number of rotatable bonds is 3. The maximum Gasteiger partial charge on any atom is 0.276 e. The Balaban J connectivity index is 1.28. The van der Waals surface area contributed by atoms with Gasteiger partial charge in [-0.15, -0.1) is 0 Å². The van der Waals surface area contributed by atoms with Crippen LogP contribution in [-0.2, 0) is 13.2 Å². The number of piperazine rings is 1. The van der Waals surface area contributed by atoms with Crippen LogP contribution in [-0.4, -0.2) is 47.0 Å². The molecule has 0 saturated carbocycles. The van der Waals surface area contributed by atoms with Crippen LogP contribution in [0.5, 0.6) is 5.75 Å². The molecular formula is C22H21N3O3. The van der Waals surface area contributed by atoms with Gasteiger partial charge in [0.1, 0.15) is 12.4 Å². The first kappa shape index (κ1) is 17.0. The highest BCUT2D eigenvalue weighted by Crippen LogP contribution is 2.38. The summed E-state index contributed by atoms with van der Waals surface area (Å²) in [6.45, 7) is 4.28. The highest BCUT2D eigenvalue weighted by atomic mass is 16.5. The second-order valence-electron chi connectivity index (χ2n) is 7.18. The van der Waals surface area contributed by atoms with Crippen molar-refractivity contribution in [3.8, 4) is 17.1 Å². The van der Waals surface area contributed by atoms with Crippen LogP contribution in [0.25, 0.3) is 11.3 Å². The molecule has 28 heavy (non-hydrogen) atoms. The molecule has 0 atom stereocenters.